The van der Waals surface area contributed by atoms with Crippen LogP contribution in [0.15, 0.2) is 24.3 Å². The Morgan fingerprint density at radius 1 is 1.38 bits per heavy atom. The molecule has 0 unspecified atom stereocenters. The average molecular weight is 290 g/mol. The largest absolute Gasteiger partial charge is 0.497 e. The van der Waals surface area contributed by atoms with Crippen molar-refractivity contribution in [2.45, 2.75) is 31.1 Å². The summed E-state index contributed by atoms with van der Waals surface area (Å²) >= 11 is 0. The molecule has 0 radical (unpaired) electrons. The van der Waals surface area contributed by atoms with E-state index in [2.05, 4.69) is 11.4 Å². The summed E-state index contributed by atoms with van der Waals surface area (Å²) in [6.45, 7) is 1.55. The van der Waals surface area contributed by atoms with Crippen LogP contribution in [0.2, 0.25) is 0 Å². The van der Waals surface area contributed by atoms with Crippen molar-refractivity contribution in [1.29, 1.82) is 0 Å². The summed E-state index contributed by atoms with van der Waals surface area (Å²) in [7, 11) is 5.48. The molecule has 1 aromatic rings. The van der Waals surface area contributed by atoms with Crippen LogP contribution in [0.3, 0.4) is 0 Å². The molecule has 0 spiro atoms. The predicted octanol–water partition coefficient (Wildman–Crippen LogP) is 2.18. The van der Waals surface area contributed by atoms with Crippen LogP contribution in [-0.2, 0) is 10.2 Å². The molecule has 116 valence electrons. The van der Waals surface area contributed by atoms with E-state index in [0.717, 1.165) is 50.1 Å². The smallest absolute Gasteiger partial charge is 0.233 e. The first-order valence-electron chi connectivity index (χ1n) is 7.69. The Bertz CT molecular complexity index is 481. The van der Waals surface area contributed by atoms with Crippen LogP contribution in [0, 0.1) is 0 Å². The lowest BCUT2D eigenvalue weighted by Crippen LogP contribution is -2.45. The van der Waals surface area contributed by atoms with E-state index in [0.29, 0.717) is 0 Å². The molecule has 1 saturated carbocycles. The Labute approximate surface area is 127 Å². The number of methoxy groups -OCH3 is 1. The van der Waals surface area contributed by atoms with Crippen molar-refractivity contribution in [3.8, 4) is 5.75 Å². The Balaban J connectivity index is 2.29. The minimum atomic E-state index is -0.364. The van der Waals surface area contributed by atoms with Gasteiger partial charge in [-0.05, 0) is 37.6 Å². The quantitative estimate of drug-likeness (QED) is 0.873. The number of nitrogens with zero attached hydrogens (tertiary/aromatic N) is 1. The fourth-order valence-corrected chi connectivity index (χ4v) is 3.27. The molecule has 0 atom stereocenters. The summed E-state index contributed by atoms with van der Waals surface area (Å²) in [5.74, 6) is 1.06. The normalized spacial score (nSPS) is 16.7. The first-order valence-corrected chi connectivity index (χ1v) is 7.69. The third-order valence-electron chi connectivity index (χ3n) is 4.53. The molecule has 1 aliphatic carbocycles. The number of ether oxygens (including phenoxy) is 1. The van der Waals surface area contributed by atoms with E-state index < -0.39 is 0 Å². The lowest BCUT2D eigenvalue weighted by atomic mass is 9.77. The van der Waals surface area contributed by atoms with Crippen LogP contribution in [0.1, 0.15) is 31.2 Å². The summed E-state index contributed by atoms with van der Waals surface area (Å²) in [6, 6.07) is 8.00. The third kappa shape index (κ3) is 3.21. The first-order chi connectivity index (χ1) is 10.1. The van der Waals surface area contributed by atoms with Crippen molar-refractivity contribution in [2.75, 3.05) is 34.3 Å². The fraction of sp³-hybridized carbons (Fsp3) is 0.588. The molecule has 0 heterocycles. The van der Waals surface area contributed by atoms with Gasteiger partial charge in [0.1, 0.15) is 5.75 Å². The van der Waals surface area contributed by atoms with Gasteiger partial charge in [0.2, 0.25) is 5.91 Å². The number of likely N-dealkylation sites (N-methyl/N-ethyl adjacent to an activating group) is 2. The maximum Gasteiger partial charge on any atom is 0.233 e. The van der Waals surface area contributed by atoms with Crippen molar-refractivity contribution >= 4 is 5.91 Å². The van der Waals surface area contributed by atoms with Gasteiger partial charge in [0.15, 0.2) is 0 Å². The highest BCUT2D eigenvalue weighted by Crippen LogP contribution is 2.43. The number of nitrogens with one attached hydrogen (secondary N) is 1. The Morgan fingerprint density at radius 3 is 2.71 bits per heavy atom. The minimum absolute atomic E-state index is 0.239. The summed E-state index contributed by atoms with van der Waals surface area (Å²) in [6.07, 6.45) is 4.09. The number of hydrogen-bond acceptors (Lipinski definition) is 3. The van der Waals surface area contributed by atoms with Crippen LogP contribution in [0.25, 0.3) is 0 Å². The molecular formula is C17H26N2O2. The fourth-order valence-electron chi connectivity index (χ4n) is 3.27. The molecule has 2 rings (SSSR count). The van der Waals surface area contributed by atoms with E-state index in [1.54, 1.807) is 7.11 Å². The molecule has 21 heavy (non-hydrogen) atoms. The Hall–Kier alpha value is -1.55. The van der Waals surface area contributed by atoms with E-state index in [9.17, 15) is 4.79 Å². The van der Waals surface area contributed by atoms with Crippen molar-refractivity contribution in [2.24, 2.45) is 0 Å². The minimum Gasteiger partial charge on any atom is -0.497 e. The SMILES string of the molecule is CNCCN(C)C(=O)C1(c2cccc(OC)c2)CCCC1. The van der Waals surface area contributed by atoms with Gasteiger partial charge in [0.05, 0.1) is 12.5 Å². The highest BCUT2D eigenvalue weighted by molar-refractivity contribution is 5.88. The van der Waals surface area contributed by atoms with Gasteiger partial charge in [0.25, 0.3) is 0 Å². The van der Waals surface area contributed by atoms with Crippen molar-refractivity contribution in [1.82, 2.24) is 10.2 Å². The van der Waals surface area contributed by atoms with E-state index in [4.69, 9.17) is 4.74 Å². The van der Waals surface area contributed by atoms with Gasteiger partial charge in [-0.25, -0.2) is 0 Å². The van der Waals surface area contributed by atoms with E-state index >= 15 is 0 Å². The lowest BCUT2D eigenvalue weighted by Gasteiger charge is -2.33. The molecular weight excluding hydrogens is 264 g/mol. The first kappa shape index (κ1) is 15.8. The number of carbonyl (C=O) groups is 1. The topological polar surface area (TPSA) is 41.6 Å². The van der Waals surface area contributed by atoms with Gasteiger partial charge in [-0.2, -0.15) is 0 Å². The van der Waals surface area contributed by atoms with Gasteiger partial charge < -0.3 is 15.0 Å². The summed E-state index contributed by atoms with van der Waals surface area (Å²) < 4.78 is 5.33. The van der Waals surface area contributed by atoms with Gasteiger partial charge in [-0.3, -0.25) is 4.79 Å². The number of hydrogen-bond donors (Lipinski definition) is 1. The maximum atomic E-state index is 13.0. The molecule has 0 bridgehead atoms. The molecule has 4 nitrogen and oxygen atoms in total. The van der Waals surface area contributed by atoms with Crippen LogP contribution in [0.5, 0.6) is 5.75 Å². The molecule has 0 saturated heterocycles. The van der Waals surface area contributed by atoms with Gasteiger partial charge >= 0.3 is 0 Å². The van der Waals surface area contributed by atoms with Gasteiger partial charge in [-0.1, -0.05) is 25.0 Å². The molecule has 0 aromatic heterocycles. The molecule has 0 aliphatic heterocycles. The van der Waals surface area contributed by atoms with E-state index in [1.165, 1.54) is 0 Å². The Kier molecular flexibility index (Phi) is 5.23. The van der Waals surface area contributed by atoms with Crippen LogP contribution < -0.4 is 10.1 Å². The zero-order valence-electron chi connectivity index (χ0n) is 13.3. The number of rotatable bonds is 6. The second kappa shape index (κ2) is 6.94. The predicted molar refractivity (Wildman–Crippen MR) is 84.7 cm³/mol. The van der Waals surface area contributed by atoms with Crippen LogP contribution >= 0.6 is 0 Å². The second-order valence-corrected chi connectivity index (χ2v) is 5.85. The Morgan fingerprint density at radius 2 is 2.10 bits per heavy atom. The number of amides is 1. The van der Waals surface area contributed by atoms with Crippen molar-refractivity contribution < 1.29 is 9.53 Å². The summed E-state index contributed by atoms with van der Waals surface area (Å²) in [5.41, 5.74) is 0.734. The average Bonchev–Trinajstić information content (AvgIpc) is 3.02. The molecule has 1 amide bonds. The monoisotopic (exact) mass is 290 g/mol. The molecule has 1 N–H and O–H groups in total. The highest BCUT2D eigenvalue weighted by Gasteiger charge is 2.44. The van der Waals surface area contributed by atoms with Crippen molar-refractivity contribution in [3.63, 3.8) is 0 Å². The zero-order valence-corrected chi connectivity index (χ0v) is 13.3. The van der Waals surface area contributed by atoms with Gasteiger partial charge in [0, 0.05) is 20.1 Å². The zero-order chi connectivity index (χ0) is 15.3. The van der Waals surface area contributed by atoms with E-state index in [-0.39, 0.29) is 11.3 Å². The van der Waals surface area contributed by atoms with Gasteiger partial charge in [-0.15, -0.1) is 0 Å². The van der Waals surface area contributed by atoms with Crippen LogP contribution in [-0.4, -0.2) is 45.1 Å². The third-order valence-corrected chi connectivity index (χ3v) is 4.53. The number of carbonyl (C=O) groups excluding carboxylic acids is 1. The van der Waals surface area contributed by atoms with Crippen molar-refractivity contribution in [3.05, 3.63) is 29.8 Å². The highest BCUT2D eigenvalue weighted by atomic mass is 16.5. The summed E-state index contributed by atoms with van der Waals surface area (Å²) in [4.78, 5) is 14.9. The van der Waals surface area contributed by atoms with Crippen LogP contribution in [0.4, 0.5) is 0 Å². The second-order valence-electron chi connectivity index (χ2n) is 5.85. The molecule has 4 heteroatoms. The van der Waals surface area contributed by atoms with E-state index in [1.807, 2.05) is 37.2 Å². The molecule has 1 fully saturated rings. The molecule has 1 aromatic carbocycles. The summed E-state index contributed by atoms with van der Waals surface area (Å²) in [5, 5.41) is 3.10. The lowest BCUT2D eigenvalue weighted by molar-refractivity contribution is -0.136. The standard InChI is InChI=1S/C17H26N2O2/c1-18-11-12-19(2)16(20)17(9-4-5-10-17)14-7-6-8-15(13-14)21-3/h6-8,13,18H,4-5,9-12H2,1-3H3. The number of benzene rings is 1. The molecule has 1 aliphatic rings. The maximum absolute atomic E-state index is 13.0.